The fraction of sp³-hybridized carbons (Fsp3) is 1.00. The van der Waals surface area contributed by atoms with Crippen molar-refractivity contribution in [2.45, 2.75) is 52.7 Å². The number of nitrogens with one attached hydrogen (secondary N) is 1. The van der Waals surface area contributed by atoms with Gasteiger partial charge in [0.15, 0.2) is 0 Å². The van der Waals surface area contributed by atoms with Crippen molar-refractivity contribution in [3.63, 3.8) is 0 Å². The molecule has 0 spiro atoms. The Morgan fingerprint density at radius 3 is 2.54 bits per heavy atom. The number of rotatable bonds is 5. The predicted molar refractivity (Wildman–Crippen MR) is 55.9 cm³/mol. The first-order chi connectivity index (χ1) is 6.12. The lowest BCUT2D eigenvalue weighted by Crippen LogP contribution is -2.61. The highest BCUT2D eigenvalue weighted by Crippen LogP contribution is 2.42. The molecule has 0 heterocycles. The fourth-order valence-electron chi connectivity index (χ4n) is 2.03. The number of hydrogen-bond donors (Lipinski definition) is 1. The summed E-state index contributed by atoms with van der Waals surface area (Å²) in [7, 11) is 0. The minimum atomic E-state index is 0.325. The van der Waals surface area contributed by atoms with E-state index in [0.717, 1.165) is 13.2 Å². The van der Waals surface area contributed by atoms with E-state index in [0.29, 0.717) is 17.6 Å². The second-order valence-corrected chi connectivity index (χ2v) is 4.51. The molecule has 0 amide bonds. The first-order valence-electron chi connectivity index (χ1n) is 5.47. The lowest BCUT2D eigenvalue weighted by molar-refractivity contribution is -0.113. The van der Waals surface area contributed by atoms with E-state index in [-0.39, 0.29) is 0 Å². The summed E-state index contributed by atoms with van der Waals surface area (Å²) in [5.74, 6) is 0. The maximum absolute atomic E-state index is 5.66. The van der Waals surface area contributed by atoms with E-state index in [4.69, 9.17) is 4.74 Å². The molecule has 0 bridgehead atoms. The lowest BCUT2D eigenvalue weighted by atomic mass is 9.64. The second-order valence-electron chi connectivity index (χ2n) is 4.51. The van der Waals surface area contributed by atoms with E-state index in [2.05, 4.69) is 33.0 Å². The van der Waals surface area contributed by atoms with Gasteiger partial charge < -0.3 is 10.1 Å². The SMILES string of the molecule is CCCN[C@H]1C[C@H](OCC)C1(C)C. The summed E-state index contributed by atoms with van der Waals surface area (Å²) in [6, 6.07) is 0.656. The molecule has 0 aliphatic heterocycles. The summed E-state index contributed by atoms with van der Waals surface area (Å²) in [5, 5.41) is 3.57. The minimum Gasteiger partial charge on any atom is -0.378 e. The molecular formula is C11H23NO. The van der Waals surface area contributed by atoms with Crippen LogP contribution in [-0.2, 0) is 4.74 Å². The summed E-state index contributed by atoms with van der Waals surface area (Å²) >= 11 is 0. The largest absolute Gasteiger partial charge is 0.378 e. The molecule has 1 saturated carbocycles. The van der Waals surface area contributed by atoms with Gasteiger partial charge in [0.1, 0.15) is 0 Å². The molecule has 0 saturated heterocycles. The Kier molecular flexibility index (Phi) is 3.74. The standard InChI is InChI=1S/C11H23NO/c1-5-7-12-9-8-10(13-6-2)11(9,3)4/h9-10,12H,5-8H2,1-4H3/t9-,10-/m0/s1. The highest BCUT2D eigenvalue weighted by Gasteiger charge is 2.48. The maximum atomic E-state index is 5.66. The van der Waals surface area contributed by atoms with Crippen LogP contribution in [0.25, 0.3) is 0 Å². The van der Waals surface area contributed by atoms with Crippen molar-refractivity contribution >= 4 is 0 Å². The van der Waals surface area contributed by atoms with Crippen molar-refractivity contribution in [3.05, 3.63) is 0 Å². The van der Waals surface area contributed by atoms with Crippen molar-refractivity contribution in [2.24, 2.45) is 5.41 Å². The van der Waals surface area contributed by atoms with Gasteiger partial charge in [-0.1, -0.05) is 20.8 Å². The minimum absolute atomic E-state index is 0.325. The summed E-state index contributed by atoms with van der Waals surface area (Å²) < 4.78 is 5.66. The molecule has 1 aliphatic rings. The third-order valence-electron chi connectivity index (χ3n) is 3.19. The third-order valence-corrected chi connectivity index (χ3v) is 3.19. The van der Waals surface area contributed by atoms with Crippen LogP contribution in [0.5, 0.6) is 0 Å². The molecule has 1 aliphatic carbocycles. The van der Waals surface area contributed by atoms with Gasteiger partial charge in [-0.05, 0) is 26.3 Å². The molecule has 78 valence electrons. The Bertz CT molecular complexity index is 156. The summed E-state index contributed by atoms with van der Waals surface area (Å²) in [5.41, 5.74) is 0.325. The van der Waals surface area contributed by atoms with E-state index in [1.165, 1.54) is 12.8 Å². The van der Waals surface area contributed by atoms with Gasteiger partial charge in [-0.15, -0.1) is 0 Å². The van der Waals surface area contributed by atoms with E-state index in [9.17, 15) is 0 Å². The normalized spacial score (nSPS) is 31.4. The molecule has 0 aromatic rings. The van der Waals surface area contributed by atoms with Gasteiger partial charge in [0, 0.05) is 18.1 Å². The van der Waals surface area contributed by atoms with Crippen LogP contribution in [0, 0.1) is 5.41 Å². The summed E-state index contributed by atoms with van der Waals surface area (Å²) in [4.78, 5) is 0. The molecule has 0 unspecified atom stereocenters. The van der Waals surface area contributed by atoms with Crippen molar-refractivity contribution in [3.8, 4) is 0 Å². The molecule has 2 nitrogen and oxygen atoms in total. The molecule has 0 aromatic heterocycles. The van der Waals surface area contributed by atoms with Crippen LogP contribution < -0.4 is 5.32 Å². The van der Waals surface area contributed by atoms with Gasteiger partial charge >= 0.3 is 0 Å². The van der Waals surface area contributed by atoms with E-state index in [1.54, 1.807) is 0 Å². The van der Waals surface area contributed by atoms with Gasteiger partial charge in [-0.2, -0.15) is 0 Å². The van der Waals surface area contributed by atoms with Gasteiger partial charge in [0.25, 0.3) is 0 Å². The van der Waals surface area contributed by atoms with Gasteiger partial charge in [0.05, 0.1) is 6.10 Å². The average Bonchev–Trinajstić information content (AvgIpc) is 2.10. The molecule has 0 aromatic carbocycles. The molecular weight excluding hydrogens is 162 g/mol. The highest BCUT2D eigenvalue weighted by atomic mass is 16.5. The summed E-state index contributed by atoms with van der Waals surface area (Å²) in [6.07, 6.45) is 2.86. The van der Waals surface area contributed by atoms with Crippen LogP contribution in [0.1, 0.15) is 40.5 Å². The number of hydrogen-bond acceptors (Lipinski definition) is 2. The van der Waals surface area contributed by atoms with Gasteiger partial charge in [-0.25, -0.2) is 0 Å². The second kappa shape index (κ2) is 4.43. The van der Waals surface area contributed by atoms with Crippen LogP contribution in [0.2, 0.25) is 0 Å². The van der Waals surface area contributed by atoms with Gasteiger partial charge in [-0.3, -0.25) is 0 Å². The van der Waals surface area contributed by atoms with Crippen molar-refractivity contribution < 1.29 is 4.74 Å². The topological polar surface area (TPSA) is 21.3 Å². The zero-order valence-electron chi connectivity index (χ0n) is 9.39. The molecule has 1 fully saturated rings. The first kappa shape index (κ1) is 11.0. The van der Waals surface area contributed by atoms with Crippen LogP contribution in [-0.4, -0.2) is 25.3 Å². The fourth-order valence-corrected chi connectivity index (χ4v) is 2.03. The molecule has 1 rings (SSSR count). The lowest BCUT2D eigenvalue weighted by Gasteiger charge is -2.52. The molecule has 1 N–H and O–H groups in total. The molecule has 0 radical (unpaired) electrons. The quantitative estimate of drug-likeness (QED) is 0.709. The van der Waals surface area contributed by atoms with Crippen LogP contribution in [0.3, 0.4) is 0 Å². The van der Waals surface area contributed by atoms with Crippen LogP contribution >= 0.6 is 0 Å². The monoisotopic (exact) mass is 185 g/mol. The first-order valence-corrected chi connectivity index (χ1v) is 5.47. The zero-order chi connectivity index (χ0) is 9.90. The van der Waals surface area contributed by atoms with E-state index < -0.39 is 0 Å². The maximum Gasteiger partial charge on any atom is 0.0655 e. The Labute approximate surface area is 82.0 Å². The zero-order valence-corrected chi connectivity index (χ0v) is 9.39. The Morgan fingerprint density at radius 2 is 2.08 bits per heavy atom. The number of ether oxygens (including phenoxy) is 1. The third kappa shape index (κ3) is 2.23. The van der Waals surface area contributed by atoms with Crippen LogP contribution in [0.4, 0.5) is 0 Å². The van der Waals surface area contributed by atoms with Crippen molar-refractivity contribution in [1.29, 1.82) is 0 Å². The van der Waals surface area contributed by atoms with Crippen molar-refractivity contribution in [1.82, 2.24) is 5.32 Å². The van der Waals surface area contributed by atoms with Gasteiger partial charge in [0.2, 0.25) is 0 Å². The average molecular weight is 185 g/mol. The Hall–Kier alpha value is -0.0800. The summed E-state index contributed by atoms with van der Waals surface area (Å²) in [6.45, 7) is 10.8. The van der Waals surface area contributed by atoms with E-state index >= 15 is 0 Å². The molecule has 2 heteroatoms. The van der Waals surface area contributed by atoms with Crippen molar-refractivity contribution in [2.75, 3.05) is 13.2 Å². The predicted octanol–water partition coefficient (Wildman–Crippen LogP) is 2.19. The molecule has 2 atom stereocenters. The van der Waals surface area contributed by atoms with Crippen LogP contribution in [0.15, 0.2) is 0 Å². The highest BCUT2D eigenvalue weighted by molar-refractivity contribution is 5.02. The smallest absolute Gasteiger partial charge is 0.0655 e. The molecule has 13 heavy (non-hydrogen) atoms. The van der Waals surface area contributed by atoms with E-state index in [1.807, 2.05) is 0 Å². The Balaban J connectivity index is 2.30. The Morgan fingerprint density at radius 1 is 1.38 bits per heavy atom.